The van der Waals surface area contributed by atoms with Gasteiger partial charge in [-0.1, -0.05) is 36.7 Å². The Morgan fingerprint density at radius 3 is 2.55 bits per heavy atom. The average molecular weight is 568 g/mol. The molecule has 3 aromatic carbocycles. The first-order valence-electron chi connectivity index (χ1n) is 10.6. The van der Waals surface area contributed by atoms with E-state index in [0.29, 0.717) is 39.6 Å². The molecule has 0 aliphatic carbocycles. The Kier molecular flexibility index (Phi) is 5.80. The normalized spacial score (nSPS) is 14.3. The molecule has 0 radical (unpaired) electrons. The number of nitrogens with zero attached hydrogens (tertiary/aromatic N) is 3. The van der Waals surface area contributed by atoms with Gasteiger partial charge in [0.15, 0.2) is 0 Å². The van der Waals surface area contributed by atoms with E-state index in [1.807, 2.05) is 49.4 Å². The summed E-state index contributed by atoms with van der Waals surface area (Å²) in [5.74, 6) is 0.310. The van der Waals surface area contributed by atoms with Gasteiger partial charge in [-0.3, -0.25) is 14.2 Å². The molecule has 0 N–H and O–H groups in total. The predicted octanol–water partition coefficient (Wildman–Crippen LogP) is 5.94. The maximum absolute atomic E-state index is 13.6. The van der Waals surface area contributed by atoms with Crippen LogP contribution in [-0.2, 0) is 4.79 Å². The summed E-state index contributed by atoms with van der Waals surface area (Å²) in [5, 5.41) is 1.09. The average Bonchev–Trinajstić information content (AvgIpc) is 3.07. The van der Waals surface area contributed by atoms with Gasteiger partial charge in [-0.25, -0.2) is 4.98 Å². The summed E-state index contributed by atoms with van der Waals surface area (Å²) in [5.41, 5.74) is 3.27. The first-order chi connectivity index (χ1) is 16.0. The first kappa shape index (κ1) is 21.9. The van der Waals surface area contributed by atoms with Gasteiger partial charge < -0.3 is 4.90 Å². The van der Waals surface area contributed by atoms with E-state index in [2.05, 4.69) is 22.6 Å². The Morgan fingerprint density at radius 1 is 1.03 bits per heavy atom. The molecule has 1 aromatic heterocycles. The standard InChI is InChI=1S/C26H19ClIN3O2/c1-2-13-30-23-6-4-3-5-19(23)20(25(30)32)15-24-29-22-12-9-17(28)14-21(22)26(33)31(24)18-10-7-16(27)8-11-18/h3-12,14-15H,2,13H2,1H3. The van der Waals surface area contributed by atoms with Gasteiger partial charge in [0.25, 0.3) is 11.5 Å². The minimum Gasteiger partial charge on any atom is -0.308 e. The molecule has 0 atom stereocenters. The van der Waals surface area contributed by atoms with Gasteiger partial charge in [-0.05, 0) is 83.6 Å². The topological polar surface area (TPSA) is 55.2 Å². The summed E-state index contributed by atoms with van der Waals surface area (Å²) >= 11 is 8.27. The summed E-state index contributed by atoms with van der Waals surface area (Å²) in [4.78, 5) is 33.6. The van der Waals surface area contributed by atoms with Crippen LogP contribution in [-0.4, -0.2) is 22.0 Å². The van der Waals surface area contributed by atoms with Crippen LogP contribution in [0.15, 0.2) is 71.5 Å². The van der Waals surface area contributed by atoms with Crippen LogP contribution in [0.1, 0.15) is 24.7 Å². The summed E-state index contributed by atoms with van der Waals surface area (Å²) in [6.07, 6.45) is 2.57. The third-order valence-corrected chi connectivity index (χ3v) is 6.55. The van der Waals surface area contributed by atoms with E-state index in [4.69, 9.17) is 16.6 Å². The fraction of sp³-hybridized carbons (Fsp3) is 0.115. The van der Waals surface area contributed by atoms with Gasteiger partial charge >= 0.3 is 0 Å². The highest BCUT2D eigenvalue weighted by Gasteiger charge is 2.32. The van der Waals surface area contributed by atoms with Gasteiger partial charge in [0, 0.05) is 20.7 Å². The predicted molar refractivity (Wildman–Crippen MR) is 142 cm³/mol. The SMILES string of the molecule is CCCN1C(=O)C(=Cc2nc3ccc(I)cc3c(=O)n2-c2ccc(Cl)cc2)c2ccccc21. The van der Waals surface area contributed by atoms with Crippen LogP contribution in [0, 0.1) is 3.57 Å². The monoisotopic (exact) mass is 567 g/mol. The molecule has 7 heteroatoms. The molecule has 164 valence electrons. The Labute approximate surface area is 209 Å². The van der Waals surface area contributed by atoms with Crippen molar-refractivity contribution >= 4 is 68.3 Å². The third-order valence-electron chi connectivity index (χ3n) is 5.62. The highest BCUT2D eigenvalue weighted by Crippen LogP contribution is 2.37. The summed E-state index contributed by atoms with van der Waals surface area (Å²) < 4.78 is 2.49. The number of fused-ring (bicyclic) bond motifs is 2. The maximum atomic E-state index is 13.6. The van der Waals surface area contributed by atoms with Crippen molar-refractivity contribution in [1.82, 2.24) is 9.55 Å². The summed E-state index contributed by atoms with van der Waals surface area (Å²) in [6, 6.07) is 20.3. The second-order valence-corrected chi connectivity index (χ2v) is 9.46. The van der Waals surface area contributed by atoms with E-state index in [-0.39, 0.29) is 11.5 Å². The molecule has 1 aliphatic rings. The minimum absolute atomic E-state index is 0.0855. The lowest BCUT2D eigenvalue weighted by Gasteiger charge is -2.15. The van der Waals surface area contributed by atoms with Crippen molar-refractivity contribution < 1.29 is 4.79 Å². The Balaban J connectivity index is 1.79. The molecule has 0 unspecified atom stereocenters. The lowest BCUT2D eigenvalue weighted by Crippen LogP contribution is -2.27. The van der Waals surface area contributed by atoms with Gasteiger partial charge in [-0.2, -0.15) is 0 Å². The van der Waals surface area contributed by atoms with Crippen LogP contribution in [0.5, 0.6) is 0 Å². The Morgan fingerprint density at radius 2 is 1.79 bits per heavy atom. The number of rotatable bonds is 4. The number of hydrogen-bond donors (Lipinski definition) is 0. The summed E-state index contributed by atoms with van der Waals surface area (Å²) in [6.45, 7) is 2.67. The fourth-order valence-electron chi connectivity index (χ4n) is 4.13. The third kappa shape index (κ3) is 3.87. The van der Waals surface area contributed by atoms with Crippen LogP contribution in [0.3, 0.4) is 0 Å². The molecular weight excluding hydrogens is 549 g/mol. The molecule has 4 aromatic rings. The number of carbonyl (C=O) groups is 1. The molecule has 0 spiro atoms. The van der Waals surface area contributed by atoms with Crippen LogP contribution in [0.4, 0.5) is 5.69 Å². The van der Waals surface area contributed by atoms with Gasteiger partial charge in [0.2, 0.25) is 0 Å². The van der Waals surface area contributed by atoms with Gasteiger partial charge in [0.05, 0.1) is 27.9 Å². The second kappa shape index (κ2) is 8.76. The van der Waals surface area contributed by atoms with Crippen LogP contribution in [0.25, 0.3) is 28.2 Å². The van der Waals surface area contributed by atoms with Crippen LogP contribution < -0.4 is 10.5 Å². The van der Waals surface area contributed by atoms with E-state index in [1.165, 1.54) is 0 Å². The van der Waals surface area contributed by atoms with Crippen molar-refractivity contribution in [2.24, 2.45) is 0 Å². The van der Waals surface area contributed by atoms with E-state index in [0.717, 1.165) is 21.2 Å². The van der Waals surface area contributed by atoms with Crippen molar-refractivity contribution in [3.05, 3.63) is 97.1 Å². The molecule has 5 rings (SSSR count). The van der Waals surface area contributed by atoms with Crippen LogP contribution in [0.2, 0.25) is 5.02 Å². The van der Waals surface area contributed by atoms with Crippen molar-refractivity contribution in [3.63, 3.8) is 0 Å². The van der Waals surface area contributed by atoms with E-state index < -0.39 is 0 Å². The number of anilines is 1. The molecule has 0 saturated heterocycles. The maximum Gasteiger partial charge on any atom is 0.266 e. The molecule has 33 heavy (non-hydrogen) atoms. The van der Waals surface area contributed by atoms with Gasteiger partial charge in [-0.15, -0.1) is 0 Å². The van der Waals surface area contributed by atoms with E-state index in [1.54, 1.807) is 39.8 Å². The van der Waals surface area contributed by atoms with Crippen molar-refractivity contribution in [2.75, 3.05) is 11.4 Å². The lowest BCUT2D eigenvalue weighted by molar-refractivity contribution is -0.113. The number of halogens is 2. The molecule has 0 saturated carbocycles. The minimum atomic E-state index is -0.197. The highest BCUT2D eigenvalue weighted by atomic mass is 127. The molecule has 0 fully saturated rings. The fourth-order valence-corrected chi connectivity index (χ4v) is 4.75. The van der Waals surface area contributed by atoms with Crippen molar-refractivity contribution in [3.8, 4) is 5.69 Å². The van der Waals surface area contributed by atoms with Crippen molar-refractivity contribution in [2.45, 2.75) is 13.3 Å². The number of para-hydroxylation sites is 1. The second-order valence-electron chi connectivity index (χ2n) is 7.78. The van der Waals surface area contributed by atoms with Gasteiger partial charge in [0.1, 0.15) is 5.82 Å². The first-order valence-corrected chi connectivity index (χ1v) is 12.0. The van der Waals surface area contributed by atoms with Crippen molar-refractivity contribution in [1.29, 1.82) is 0 Å². The molecule has 0 bridgehead atoms. The molecule has 5 nitrogen and oxygen atoms in total. The smallest absolute Gasteiger partial charge is 0.266 e. The quantitative estimate of drug-likeness (QED) is 0.227. The highest BCUT2D eigenvalue weighted by molar-refractivity contribution is 14.1. The zero-order valence-corrected chi connectivity index (χ0v) is 20.7. The lowest BCUT2D eigenvalue weighted by atomic mass is 10.1. The molecular formula is C26H19ClIN3O2. The van der Waals surface area contributed by atoms with E-state index in [9.17, 15) is 9.59 Å². The molecule has 2 heterocycles. The number of aromatic nitrogens is 2. The zero-order valence-electron chi connectivity index (χ0n) is 17.8. The number of carbonyl (C=O) groups excluding carboxylic acids is 1. The Hall–Kier alpha value is -2.97. The summed E-state index contributed by atoms with van der Waals surface area (Å²) in [7, 11) is 0. The van der Waals surface area contributed by atoms with Crippen LogP contribution >= 0.6 is 34.2 Å². The number of hydrogen-bond acceptors (Lipinski definition) is 3. The zero-order chi connectivity index (χ0) is 23.1. The number of amides is 1. The van der Waals surface area contributed by atoms with E-state index >= 15 is 0 Å². The largest absolute Gasteiger partial charge is 0.308 e. The molecule has 1 aliphatic heterocycles. The number of benzene rings is 3. The molecule has 1 amide bonds. The Bertz CT molecular complexity index is 1490.